The highest BCUT2D eigenvalue weighted by Crippen LogP contribution is 2.20. The molecule has 0 fully saturated rings. The van der Waals surface area contributed by atoms with Crippen LogP contribution in [0.2, 0.25) is 5.02 Å². The van der Waals surface area contributed by atoms with E-state index < -0.39 is 0 Å². The molecule has 2 aromatic rings. The van der Waals surface area contributed by atoms with E-state index in [0.717, 1.165) is 28.3 Å². The molecular formula is C16H20ClN5OS. The first-order valence-corrected chi connectivity index (χ1v) is 8.17. The summed E-state index contributed by atoms with van der Waals surface area (Å²) < 4.78 is 1.73. The molecule has 0 aliphatic heterocycles. The highest BCUT2D eigenvalue weighted by molar-refractivity contribution is 7.80. The van der Waals surface area contributed by atoms with E-state index in [-0.39, 0.29) is 12.5 Å². The SMILES string of the molecule is Cc1ccc(NC(=S)NCC(=O)Nc2c(C)nn(C)c2C)cc1Cl. The average molecular weight is 366 g/mol. The van der Waals surface area contributed by atoms with E-state index in [9.17, 15) is 4.79 Å². The van der Waals surface area contributed by atoms with Crippen LogP contribution < -0.4 is 16.0 Å². The second kappa shape index (κ2) is 7.63. The van der Waals surface area contributed by atoms with Crippen molar-refractivity contribution in [2.75, 3.05) is 17.2 Å². The van der Waals surface area contributed by atoms with Crippen LogP contribution in [0.15, 0.2) is 18.2 Å². The number of carbonyl (C=O) groups is 1. The molecule has 0 aliphatic rings. The van der Waals surface area contributed by atoms with Crippen LogP contribution in [-0.2, 0) is 11.8 Å². The number of nitrogens with zero attached hydrogens (tertiary/aromatic N) is 2. The van der Waals surface area contributed by atoms with Crippen molar-refractivity contribution in [3.05, 3.63) is 40.2 Å². The zero-order chi connectivity index (χ0) is 17.9. The summed E-state index contributed by atoms with van der Waals surface area (Å²) in [4.78, 5) is 12.1. The first-order valence-electron chi connectivity index (χ1n) is 7.39. The van der Waals surface area contributed by atoms with Crippen LogP contribution in [0, 0.1) is 20.8 Å². The molecule has 1 heterocycles. The van der Waals surface area contributed by atoms with Gasteiger partial charge in [-0.3, -0.25) is 9.48 Å². The Morgan fingerprint density at radius 3 is 2.58 bits per heavy atom. The lowest BCUT2D eigenvalue weighted by Crippen LogP contribution is -2.35. The van der Waals surface area contributed by atoms with Crippen LogP contribution in [0.3, 0.4) is 0 Å². The molecule has 0 bridgehead atoms. The van der Waals surface area contributed by atoms with Crippen molar-refractivity contribution in [3.63, 3.8) is 0 Å². The molecule has 0 saturated heterocycles. The van der Waals surface area contributed by atoms with Crippen LogP contribution in [0.1, 0.15) is 17.0 Å². The van der Waals surface area contributed by atoms with Gasteiger partial charge in [0.25, 0.3) is 0 Å². The van der Waals surface area contributed by atoms with Crippen molar-refractivity contribution in [3.8, 4) is 0 Å². The number of aryl methyl sites for hydroxylation is 3. The second-order valence-electron chi connectivity index (χ2n) is 5.49. The topological polar surface area (TPSA) is 71.0 Å². The van der Waals surface area contributed by atoms with Gasteiger partial charge >= 0.3 is 0 Å². The third-order valence-corrected chi connectivity index (χ3v) is 4.27. The van der Waals surface area contributed by atoms with Gasteiger partial charge < -0.3 is 16.0 Å². The monoisotopic (exact) mass is 365 g/mol. The average Bonchev–Trinajstić information content (AvgIpc) is 2.75. The predicted octanol–water partition coefficient (Wildman–Crippen LogP) is 2.92. The molecule has 0 unspecified atom stereocenters. The lowest BCUT2D eigenvalue weighted by Gasteiger charge is -2.11. The quantitative estimate of drug-likeness (QED) is 0.727. The van der Waals surface area contributed by atoms with Crippen molar-refractivity contribution in [1.29, 1.82) is 0 Å². The van der Waals surface area contributed by atoms with Gasteiger partial charge in [0.15, 0.2) is 5.11 Å². The van der Waals surface area contributed by atoms with Gasteiger partial charge in [-0.25, -0.2) is 0 Å². The molecule has 0 saturated carbocycles. The van der Waals surface area contributed by atoms with Gasteiger partial charge in [0.05, 0.1) is 23.6 Å². The van der Waals surface area contributed by atoms with Crippen molar-refractivity contribution in [2.24, 2.45) is 7.05 Å². The molecule has 8 heteroatoms. The number of aromatic nitrogens is 2. The zero-order valence-corrected chi connectivity index (χ0v) is 15.6. The van der Waals surface area contributed by atoms with E-state index in [1.165, 1.54) is 0 Å². The number of halogens is 1. The molecule has 0 radical (unpaired) electrons. The summed E-state index contributed by atoms with van der Waals surface area (Å²) in [7, 11) is 1.84. The smallest absolute Gasteiger partial charge is 0.243 e. The lowest BCUT2D eigenvalue weighted by atomic mass is 10.2. The van der Waals surface area contributed by atoms with E-state index >= 15 is 0 Å². The molecule has 6 nitrogen and oxygen atoms in total. The number of anilines is 2. The van der Waals surface area contributed by atoms with Gasteiger partial charge in [-0.15, -0.1) is 0 Å². The molecule has 1 aromatic carbocycles. The Morgan fingerprint density at radius 1 is 1.29 bits per heavy atom. The summed E-state index contributed by atoms with van der Waals surface area (Å²) >= 11 is 11.3. The second-order valence-corrected chi connectivity index (χ2v) is 6.30. The molecule has 0 spiro atoms. The summed E-state index contributed by atoms with van der Waals surface area (Å²) in [5.74, 6) is -0.194. The Kier molecular flexibility index (Phi) is 5.80. The molecule has 0 atom stereocenters. The number of amides is 1. The fourth-order valence-corrected chi connectivity index (χ4v) is 2.52. The number of rotatable bonds is 4. The van der Waals surface area contributed by atoms with Gasteiger partial charge in [0.1, 0.15) is 0 Å². The number of hydrogen-bond acceptors (Lipinski definition) is 3. The molecule has 0 aliphatic carbocycles. The number of thiocarbonyl (C=S) groups is 1. The molecule has 2 rings (SSSR count). The number of hydrogen-bond donors (Lipinski definition) is 3. The molecular weight excluding hydrogens is 346 g/mol. The van der Waals surface area contributed by atoms with Gasteiger partial charge in [-0.05, 0) is 50.7 Å². The van der Waals surface area contributed by atoms with Crippen LogP contribution >= 0.6 is 23.8 Å². The van der Waals surface area contributed by atoms with Crippen molar-refractivity contribution >= 4 is 46.2 Å². The van der Waals surface area contributed by atoms with Gasteiger partial charge in [0.2, 0.25) is 5.91 Å². The van der Waals surface area contributed by atoms with Gasteiger partial charge in [-0.1, -0.05) is 17.7 Å². The zero-order valence-electron chi connectivity index (χ0n) is 14.0. The first-order chi connectivity index (χ1) is 11.3. The maximum Gasteiger partial charge on any atom is 0.243 e. The van der Waals surface area contributed by atoms with Crippen LogP contribution in [0.25, 0.3) is 0 Å². The Hall–Kier alpha value is -2.12. The minimum absolute atomic E-state index is 0.0548. The van der Waals surface area contributed by atoms with Crippen molar-refractivity contribution in [2.45, 2.75) is 20.8 Å². The minimum Gasteiger partial charge on any atom is -0.353 e. The van der Waals surface area contributed by atoms with E-state index in [0.29, 0.717) is 10.1 Å². The summed E-state index contributed by atoms with van der Waals surface area (Å²) in [6, 6.07) is 5.55. The van der Waals surface area contributed by atoms with Crippen molar-refractivity contribution in [1.82, 2.24) is 15.1 Å². The summed E-state index contributed by atoms with van der Waals surface area (Å²) in [6.45, 7) is 5.73. The molecule has 3 N–H and O–H groups in total. The third kappa shape index (κ3) is 4.46. The predicted molar refractivity (Wildman–Crippen MR) is 102 cm³/mol. The van der Waals surface area contributed by atoms with Crippen molar-refractivity contribution < 1.29 is 4.79 Å². The third-order valence-electron chi connectivity index (χ3n) is 3.61. The molecule has 1 amide bonds. The Bertz CT molecular complexity index is 787. The fourth-order valence-electron chi connectivity index (χ4n) is 2.14. The highest BCUT2D eigenvalue weighted by atomic mass is 35.5. The van der Waals surface area contributed by atoms with E-state index in [1.807, 2.05) is 40.0 Å². The summed E-state index contributed by atoms with van der Waals surface area (Å²) in [5, 5.41) is 14.0. The minimum atomic E-state index is -0.194. The standard InChI is InChI=1S/C16H20ClN5OS/c1-9-5-6-12(7-13(9)17)19-16(24)18-8-14(23)20-15-10(2)21-22(4)11(15)3/h5-7H,8H2,1-4H3,(H,20,23)(H2,18,19,24). The molecule has 128 valence electrons. The van der Waals surface area contributed by atoms with Gasteiger partial charge in [-0.2, -0.15) is 5.10 Å². The lowest BCUT2D eigenvalue weighted by molar-refractivity contribution is -0.115. The van der Waals surface area contributed by atoms with Crippen LogP contribution in [0.4, 0.5) is 11.4 Å². The summed E-state index contributed by atoms with van der Waals surface area (Å²) in [5.41, 5.74) is 4.16. The first kappa shape index (κ1) is 18.2. The molecule has 24 heavy (non-hydrogen) atoms. The Labute approximate surface area is 151 Å². The maximum absolute atomic E-state index is 12.1. The van der Waals surface area contributed by atoms with Crippen LogP contribution in [0.5, 0.6) is 0 Å². The number of benzene rings is 1. The highest BCUT2D eigenvalue weighted by Gasteiger charge is 2.12. The van der Waals surface area contributed by atoms with Gasteiger partial charge in [0, 0.05) is 17.8 Å². The Morgan fingerprint density at radius 2 is 2.00 bits per heavy atom. The number of carbonyl (C=O) groups excluding carboxylic acids is 1. The fraction of sp³-hybridized carbons (Fsp3) is 0.312. The normalized spacial score (nSPS) is 10.4. The summed E-state index contributed by atoms with van der Waals surface area (Å²) in [6.07, 6.45) is 0. The molecule has 1 aromatic heterocycles. The van der Waals surface area contributed by atoms with E-state index in [4.69, 9.17) is 23.8 Å². The van der Waals surface area contributed by atoms with E-state index in [1.54, 1.807) is 10.7 Å². The van der Waals surface area contributed by atoms with E-state index in [2.05, 4.69) is 21.0 Å². The number of nitrogens with one attached hydrogen (secondary N) is 3. The maximum atomic E-state index is 12.1. The largest absolute Gasteiger partial charge is 0.353 e. The Balaban J connectivity index is 1.87. The van der Waals surface area contributed by atoms with Crippen LogP contribution in [-0.4, -0.2) is 27.3 Å².